The van der Waals surface area contributed by atoms with E-state index in [-0.39, 0.29) is 11.3 Å². The Labute approximate surface area is 152 Å². The van der Waals surface area contributed by atoms with E-state index >= 15 is 0 Å². The fourth-order valence-electron chi connectivity index (χ4n) is 2.89. The van der Waals surface area contributed by atoms with Crippen LogP contribution in [0.25, 0.3) is 0 Å². The molecule has 10 heteroatoms. The molecule has 0 spiro atoms. The van der Waals surface area contributed by atoms with Gasteiger partial charge in [0.2, 0.25) is 0 Å². The highest BCUT2D eigenvalue weighted by atomic mass is 32.2. The molecule has 26 heavy (non-hydrogen) atoms. The largest absolute Gasteiger partial charge is 0.461 e. The second-order valence-corrected chi connectivity index (χ2v) is 9.51. The Morgan fingerprint density at radius 1 is 1.23 bits per heavy atom. The van der Waals surface area contributed by atoms with Crippen molar-refractivity contribution in [2.75, 3.05) is 13.7 Å². The number of rotatable bonds is 4. The molecular formula is C16H23NO8S. The lowest BCUT2D eigenvalue weighted by molar-refractivity contribution is -0.167. The number of esters is 2. The summed E-state index contributed by atoms with van der Waals surface area (Å²) in [5, 5.41) is -2.45. The van der Waals surface area contributed by atoms with Gasteiger partial charge in [0.15, 0.2) is 21.3 Å². The Kier molecular flexibility index (Phi) is 5.22. The molecule has 0 aromatic rings. The third kappa shape index (κ3) is 3.35. The summed E-state index contributed by atoms with van der Waals surface area (Å²) in [6.07, 6.45) is -1.19. The Hall–Kier alpha value is -1.94. The fourth-order valence-corrected chi connectivity index (χ4v) is 4.96. The first-order valence-electron chi connectivity index (χ1n) is 8.01. The molecule has 1 saturated heterocycles. The second kappa shape index (κ2) is 6.66. The minimum atomic E-state index is -3.88. The third-order valence-electron chi connectivity index (χ3n) is 4.14. The average molecular weight is 389 g/mol. The van der Waals surface area contributed by atoms with Gasteiger partial charge in [-0.1, -0.05) is 0 Å². The van der Waals surface area contributed by atoms with E-state index in [9.17, 15) is 22.8 Å². The highest BCUT2D eigenvalue weighted by Crippen LogP contribution is 2.41. The molecule has 1 fully saturated rings. The van der Waals surface area contributed by atoms with Crippen LogP contribution in [0.5, 0.6) is 0 Å². The summed E-state index contributed by atoms with van der Waals surface area (Å²) in [6, 6.07) is 0. The van der Waals surface area contributed by atoms with Gasteiger partial charge in [-0.2, -0.15) is 0 Å². The highest BCUT2D eigenvalue weighted by molar-refractivity contribution is 7.93. The van der Waals surface area contributed by atoms with Gasteiger partial charge >= 0.3 is 11.9 Å². The van der Waals surface area contributed by atoms with E-state index in [1.807, 2.05) is 0 Å². The van der Waals surface area contributed by atoms with E-state index in [1.165, 1.54) is 14.0 Å². The van der Waals surface area contributed by atoms with Gasteiger partial charge in [0, 0.05) is 19.6 Å². The monoisotopic (exact) mass is 389 g/mol. The Morgan fingerprint density at radius 3 is 2.27 bits per heavy atom. The van der Waals surface area contributed by atoms with Crippen molar-refractivity contribution in [2.45, 2.75) is 56.9 Å². The maximum Gasteiger partial charge on any atom is 0.355 e. The zero-order valence-electron chi connectivity index (χ0n) is 15.6. The van der Waals surface area contributed by atoms with Crippen molar-refractivity contribution >= 4 is 27.7 Å². The summed E-state index contributed by atoms with van der Waals surface area (Å²) in [4.78, 5) is 37.1. The summed E-state index contributed by atoms with van der Waals surface area (Å²) < 4.78 is 40.8. The molecule has 0 aromatic carbocycles. The number of hydrogen-bond acceptors (Lipinski definition) is 8. The number of nitrogens with zero attached hydrogens (tertiary/aromatic N) is 1. The first kappa shape index (κ1) is 20.4. The molecule has 146 valence electrons. The molecule has 0 bridgehead atoms. The molecule has 0 saturated carbocycles. The molecule has 0 aliphatic carbocycles. The van der Waals surface area contributed by atoms with Gasteiger partial charge in [-0.05, 0) is 27.7 Å². The third-order valence-corrected chi connectivity index (χ3v) is 6.54. The fraction of sp³-hybridized carbons (Fsp3) is 0.688. The van der Waals surface area contributed by atoms with E-state index < -0.39 is 56.6 Å². The Morgan fingerprint density at radius 2 is 1.81 bits per heavy atom. The first-order valence-corrected chi connectivity index (χ1v) is 9.62. The first-order chi connectivity index (χ1) is 11.8. The molecule has 2 heterocycles. The van der Waals surface area contributed by atoms with Crippen LogP contribution in [0.4, 0.5) is 0 Å². The lowest BCUT2D eigenvalue weighted by Crippen LogP contribution is -2.72. The second-order valence-electron chi connectivity index (χ2n) is 7.14. The van der Waals surface area contributed by atoms with Crippen LogP contribution in [0.1, 0.15) is 34.6 Å². The molecule has 2 rings (SSSR count). The van der Waals surface area contributed by atoms with Crippen LogP contribution in [-0.2, 0) is 38.4 Å². The van der Waals surface area contributed by atoms with Crippen LogP contribution in [0, 0.1) is 0 Å². The number of fused-ring (bicyclic) bond motifs is 1. The van der Waals surface area contributed by atoms with Crippen LogP contribution in [-0.4, -0.2) is 67.2 Å². The van der Waals surface area contributed by atoms with Crippen molar-refractivity contribution in [3.63, 3.8) is 0 Å². The molecular weight excluding hydrogens is 366 g/mol. The lowest BCUT2D eigenvalue weighted by Gasteiger charge is -2.50. The standard InChI is InChI=1S/C16H23NO8S/c1-8-10(7-24-9(2)18)11(15(20)25-16(3,4)5)17-13(19)12(23-6)14(17)26(8,21)22/h8,12,14H,7H2,1-6H3/t8-,12+,14?/m1/s1. The molecule has 0 radical (unpaired) electrons. The van der Waals surface area contributed by atoms with Crippen LogP contribution in [0.3, 0.4) is 0 Å². The molecule has 9 nitrogen and oxygen atoms in total. The minimum absolute atomic E-state index is 0.00797. The van der Waals surface area contributed by atoms with Crippen LogP contribution < -0.4 is 0 Å². The van der Waals surface area contributed by atoms with Gasteiger partial charge in [-0.3, -0.25) is 14.5 Å². The number of ether oxygens (including phenoxy) is 3. The zero-order valence-corrected chi connectivity index (χ0v) is 16.4. The molecule has 2 aliphatic rings. The highest BCUT2D eigenvalue weighted by Gasteiger charge is 2.63. The average Bonchev–Trinajstić information content (AvgIpc) is 2.47. The summed E-state index contributed by atoms with van der Waals surface area (Å²) in [5.74, 6) is -2.15. The van der Waals surface area contributed by atoms with Gasteiger partial charge in [0.1, 0.15) is 17.9 Å². The van der Waals surface area contributed by atoms with Crippen molar-refractivity contribution in [3.05, 3.63) is 11.3 Å². The predicted octanol–water partition coefficient (Wildman–Crippen LogP) is 0.146. The van der Waals surface area contributed by atoms with E-state index in [1.54, 1.807) is 20.8 Å². The van der Waals surface area contributed by atoms with Crippen LogP contribution >= 0.6 is 0 Å². The van der Waals surface area contributed by atoms with Crippen LogP contribution in [0.15, 0.2) is 11.3 Å². The lowest BCUT2D eigenvalue weighted by atomic mass is 10.0. The molecule has 0 aromatic heterocycles. The summed E-state index contributed by atoms with van der Waals surface area (Å²) in [5.41, 5.74) is -1.05. The number of β-lactam (4-membered cyclic amide) rings is 1. The molecule has 1 amide bonds. The smallest absolute Gasteiger partial charge is 0.355 e. The SMILES string of the molecule is CO[C@H]1C(=O)N2C(C(=O)OC(C)(C)C)=C(COC(C)=O)[C@@H](C)S(=O)(=O)C12. The molecule has 1 unspecified atom stereocenters. The number of carbonyl (C=O) groups is 3. The van der Waals surface area contributed by atoms with Gasteiger partial charge in [0.25, 0.3) is 5.91 Å². The summed E-state index contributed by atoms with van der Waals surface area (Å²) in [7, 11) is -2.65. The molecule has 0 N–H and O–H groups in total. The minimum Gasteiger partial charge on any atom is -0.461 e. The predicted molar refractivity (Wildman–Crippen MR) is 89.3 cm³/mol. The van der Waals surface area contributed by atoms with E-state index in [4.69, 9.17) is 14.2 Å². The summed E-state index contributed by atoms with van der Waals surface area (Å²) >= 11 is 0. The van der Waals surface area contributed by atoms with Crippen molar-refractivity contribution in [1.82, 2.24) is 4.90 Å². The number of methoxy groups -OCH3 is 1. The van der Waals surface area contributed by atoms with Crippen molar-refractivity contribution in [2.24, 2.45) is 0 Å². The normalized spacial score (nSPS) is 27.5. The number of carbonyl (C=O) groups excluding carboxylic acids is 3. The molecule has 3 atom stereocenters. The number of hydrogen-bond donors (Lipinski definition) is 0. The van der Waals surface area contributed by atoms with Gasteiger partial charge in [-0.25, -0.2) is 13.2 Å². The number of amides is 1. The van der Waals surface area contributed by atoms with Gasteiger partial charge in [0.05, 0.1) is 5.25 Å². The number of sulfone groups is 1. The van der Waals surface area contributed by atoms with E-state index in [0.717, 1.165) is 11.8 Å². The van der Waals surface area contributed by atoms with Gasteiger partial charge in [-0.15, -0.1) is 0 Å². The summed E-state index contributed by atoms with van der Waals surface area (Å²) in [6.45, 7) is 7.05. The van der Waals surface area contributed by atoms with Crippen molar-refractivity contribution in [3.8, 4) is 0 Å². The van der Waals surface area contributed by atoms with Gasteiger partial charge < -0.3 is 14.2 Å². The maximum absolute atomic E-state index is 12.8. The van der Waals surface area contributed by atoms with Crippen molar-refractivity contribution < 1.29 is 37.0 Å². The van der Waals surface area contributed by atoms with E-state index in [0.29, 0.717) is 0 Å². The van der Waals surface area contributed by atoms with Crippen molar-refractivity contribution in [1.29, 1.82) is 0 Å². The maximum atomic E-state index is 12.8. The van der Waals surface area contributed by atoms with E-state index in [2.05, 4.69) is 0 Å². The topological polar surface area (TPSA) is 116 Å². The Bertz CT molecular complexity index is 777. The Balaban J connectivity index is 2.59. The zero-order chi connectivity index (χ0) is 20.0. The van der Waals surface area contributed by atoms with Crippen LogP contribution in [0.2, 0.25) is 0 Å². The molecule has 2 aliphatic heterocycles. The quantitative estimate of drug-likeness (QED) is 0.493.